The van der Waals surface area contributed by atoms with Crippen LogP contribution in [0.4, 0.5) is 10.1 Å². The fourth-order valence-electron chi connectivity index (χ4n) is 1.85. The van der Waals surface area contributed by atoms with E-state index >= 15 is 0 Å². The van der Waals surface area contributed by atoms with Gasteiger partial charge in [0.25, 0.3) is 0 Å². The zero-order valence-corrected chi connectivity index (χ0v) is 11.6. The van der Waals surface area contributed by atoms with E-state index in [4.69, 9.17) is 4.42 Å². The number of carbonyl (C=O) groups is 1. The smallest absolute Gasteiger partial charge is 0.373 e. The summed E-state index contributed by atoms with van der Waals surface area (Å²) < 4.78 is 23.2. The fourth-order valence-corrected chi connectivity index (χ4v) is 1.85. The second-order valence-electron chi connectivity index (χ2n) is 4.52. The quantitative estimate of drug-likeness (QED) is 0.866. The molecule has 0 amide bonds. The zero-order chi connectivity index (χ0) is 14.7. The molecule has 0 aliphatic heterocycles. The third-order valence-corrected chi connectivity index (χ3v) is 2.98. The standard InChI is InChI=1S/C15H16FNO3/c1-9-8-11(4-5-12(9)16)17-10(2)13-6-7-14(20-13)15(18)19-3/h4-8,10,17H,1-3H3. The molecule has 0 aliphatic carbocycles. The number of halogens is 1. The van der Waals surface area contributed by atoms with Crippen LogP contribution in [0.25, 0.3) is 0 Å². The summed E-state index contributed by atoms with van der Waals surface area (Å²) in [6.07, 6.45) is 0. The van der Waals surface area contributed by atoms with Gasteiger partial charge in [-0.15, -0.1) is 0 Å². The highest BCUT2D eigenvalue weighted by atomic mass is 19.1. The summed E-state index contributed by atoms with van der Waals surface area (Å²) in [7, 11) is 1.30. The van der Waals surface area contributed by atoms with Gasteiger partial charge in [0.05, 0.1) is 13.2 Å². The molecule has 2 rings (SSSR count). The van der Waals surface area contributed by atoms with Gasteiger partial charge >= 0.3 is 5.97 Å². The van der Waals surface area contributed by atoms with Crippen LogP contribution in [0.2, 0.25) is 0 Å². The van der Waals surface area contributed by atoms with Gasteiger partial charge < -0.3 is 14.5 Å². The van der Waals surface area contributed by atoms with Crippen LogP contribution in [0.1, 0.15) is 34.8 Å². The number of hydrogen-bond donors (Lipinski definition) is 1. The lowest BCUT2D eigenvalue weighted by atomic mass is 10.2. The first-order valence-electron chi connectivity index (χ1n) is 6.22. The monoisotopic (exact) mass is 277 g/mol. The Morgan fingerprint density at radius 3 is 2.75 bits per heavy atom. The first-order valence-corrected chi connectivity index (χ1v) is 6.22. The number of rotatable bonds is 4. The number of benzene rings is 1. The number of anilines is 1. The Balaban J connectivity index is 2.11. The second-order valence-corrected chi connectivity index (χ2v) is 4.52. The first-order chi connectivity index (χ1) is 9.51. The number of ether oxygens (including phenoxy) is 1. The highest BCUT2D eigenvalue weighted by Gasteiger charge is 2.15. The summed E-state index contributed by atoms with van der Waals surface area (Å²) in [6.45, 7) is 3.59. The van der Waals surface area contributed by atoms with Crippen LogP contribution in [-0.4, -0.2) is 13.1 Å². The maximum Gasteiger partial charge on any atom is 0.373 e. The lowest BCUT2D eigenvalue weighted by molar-refractivity contribution is 0.0562. The van der Waals surface area contributed by atoms with Crippen molar-refractivity contribution in [1.29, 1.82) is 0 Å². The minimum absolute atomic E-state index is 0.154. The van der Waals surface area contributed by atoms with E-state index in [1.807, 2.05) is 6.92 Å². The lowest BCUT2D eigenvalue weighted by Crippen LogP contribution is -2.06. The molecule has 0 aliphatic rings. The first kappa shape index (κ1) is 14.1. The molecular weight excluding hydrogens is 261 g/mol. The minimum Gasteiger partial charge on any atom is -0.463 e. The van der Waals surface area contributed by atoms with Gasteiger partial charge in [0.2, 0.25) is 5.76 Å². The Kier molecular flexibility index (Phi) is 4.08. The summed E-state index contributed by atoms with van der Waals surface area (Å²) >= 11 is 0. The number of carbonyl (C=O) groups excluding carboxylic acids is 1. The van der Waals surface area contributed by atoms with Crippen LogP contribution in [-0.2, 0) is 4.74 Å². The Morgan fingerprint density at radius 1 is 1.35 bits per heavy atom. The predicted octanol–water partition coefficient (Wildman–Crippen LogP) is 3.69. The molecule has 0 radical (unpaired) electrons. The summed E-state index contributed by atoms with van der Waals surface area (Å²) in [5.74, 6) is 0.00840. The van der Waals surface area contributed by atoms with Gasteiger partial charge in [-0.3, -0.25) is 0 Å². The van der Waals surface area contributed by atoms with E-state index in [-0.39, 0.29) is 17.6 Å². The lowest BCUT2D eigenvalue weighted by Gasteiger charge is -2.13. The number of methoxy groups -OCH3 is 1. The van der Waals surface area contributed by atoms with Crippen LogP contribution in [0.15, 0.2) is 34.7 Å². The molecule has 1 heterocycles. The molecule has 0 saturated carbocycles. The van der Waals surface area contributed by atoms with E-state index in [9.17, 15) is 9.18 Å². The van der Waals surface area contributed by atoms with Crippen molar-refractivity contribution in [1.82, 2.24) is 0 Å². The molecule has 106 valence electrons. The van der Waals surface area contributed by atoms with Crippen molar-refractivity contribution in [3.05, 3.63) is 53.2 Å². The van der Waals surface area contributed by atoms with Crippen molar-refractivity contribution in [2.24, 2.45) is 0 Å². The van der Waals surface area contributed by atoms with Gasteiger partial charge in [-0.2, -0.15) is 0 Å². The highest BCUT2D eigenvalue weighted by molar-refractivity contribution is 5.86. The third-order valence-electron chi connectivity index (χ3n) is 2.98. The summed E-state index contributed by atoms with van der Waals surface area (Å²) in [4.78, 5) is 11.3. The van der Waals surface area contributed by atoms with Gasteiger partial charge in [-0.25, -0.2) is 9.18 Å². The average molecular weight is 277 g/mol. The highest BCUT2D eigenvalue weighted by Crippen LogP contribution is 2.23. The van der Waals surface area contributed by atoms with Crippen molar-refractivity contribution in [2.45, 2.75) is 19.9 Å². The van der Waals surface area contributed by atoms with E-state index in [0.717, 1.165) is 5.69 Å². The number of nitrogens with one attached hydrogen (secondary N) is 1. The van der Waals surface area contributed by atoms with E-state index in [1.165, 1.54) is 13.2 Å². The molecule has 1 aromatic carbocycles. The molecule has 1 unspecified atom stereocenters. The van der Waals surface area contributed by atoms with E-state index in [0.29, 0.717) is 11.3 Å². The van der Waals surface area contributed by atoms with Crippen molar-refractivity contribution < 1.29 is 18.3 Å². The normalized spacial score (nSPS) is 12.0. The van der Waals surface area contributed by atoms with Crippen LogP contribution >= 0.6 is 0 Å². The van der Waals surface area contributed by atoms with Gasteiger partial charge in [0.1, 0.15) is 11.6 Å². The second kappa shape index (κ2) is 5.77. The zero-order valence-electron chi connectivity index (χ0n) is 11.6. The summed E-state index contributed by atoms with van der Waals surface area (Å²) in [5.41, 5.74) is 1.35. The van der Waals surface area contributed by atoms with Crippen LogP contribution in [0.5, 0.6) is 0 Å². The topological polar surface area (TPSA) is 51.5 Å². The Labute approximate surface area is 116 Å². The average Bonchev–Trinajstić information content (AvgIpc) is 2.92. The molecule has 1 atom stereocenters. The van der Waals surface area contributed by atoms with Crippen molar-refractivity contribution in [3.63, 3.8) is 0 Å². The molecule has 0 spiro atoms. The maximum atomic E-state index is 13.2. The van der Waals surface area contributed by atoms with Gasteiger partial charge in [0, 0.05) is 5.69 Å². The molecule has 0 fully saturated rings. The van der Waals surface area contributed by atoms with Crippen LogP contribution in [0, 0.1) is 12.7 Å². The molecule has 20 heavy (non-hydrogen) atoms. The molecule has 0 bridgehead atoms. The van der Waals surface area contributed by atoms with Crippen molar-refractivity contribution in [2.75, 3.05) is 12.4 Å². The molecule has 1 N–H and O–H groups in total. The minimum atomic E-state index is -0.513. The Morgan fingerprint density at radius 2 is 2.10 bits per heavy atom. The van der Waals surface area contributed by atoms with Gasteiger partial charge in [0.15, 0.2) is 0 Å². The molecule has 4 nitrogen and oxygen atoms in total. The molecule has 2 aromatic rings. The molecule has 1 aromatic heterocycles. The molecule has 0 saturated heterocycles. The van der Waals surface area contributed by atoms with Crippen LogP contribution < -0.4 is 5.32 Å². The predicted molar refractivity (Wildman–Crippen MR) is 73.2 cm³/mol. The molecule has 5 heteroatoms. The number of hydrogen-bond acceptors (Lipinski definition) is 4. The SMILES string of the molecule is COC(=O)c1ccc(C(C)Nc2ccc(F)c(C)c2)o1. The van der Waals surface area contributed by atoms with E-state index in [1.54, 1.807) is 31.2 Å². The maximum absolute atomic E-state index is 13.2. The Hall–Kier alpha value is -2.30. The van der Waals surface area contributed by atoms with E-state index < -0.39 is 5.97 Å². The van der Waals surface area contributed by atoms with E-state index in [2.05, 4.69) is 10.1 Å². The van der Waals surface area contributed by atoms with Gasteiger partial charge in [-0.1, -0.05) is 0 Å². The van der Waals surface area contributed by atoms with Gasteiger partial charge in [-0.05, 0) is 49.7 Å². The summed E-state index contributed by atoms with van der Waals surface area (Å²) in [6, 6.07) is 7.90. The Bertz CT molecular complexity index is 621. The molecular formula is C15H16FNO3. The number of esters is 1. The summed E-state index contributed by atoms with van der Waals surface area (Å²) in [5, 5.41) is 3.18. The van der Waals surface area contributed by atoms with Crippen molar-refractivity contribution in [3.8, 4) is 0 Å². The van der Waals surface area contributed by atoms with Crippen LogP contribution in [0.3, 0.4) is 0 Å². The number of aryl methyl sites for hydroxylation is 1. The fraction of sp³-hybridized carbons (Fsp3) is 0.267. The van der Waals surface area contributed by atoms with Crippen molar-refractivity contribution >= 4 is 11.7 Å². The largest absolute Gasteiger partial charge is 0.463 e. The third kappa shape index (κ3) is 2.99. The number of furan rings is 1.